The van der Waals surface area contributed by atoms with Gasteiger partial charge in [-0.15, -0.1) is 0 Å². The van der Waals surface area contributed by atoms with Crippen LogP contribution in [0.2, 0.25) is 0 Å². The van der Waals surface area contributed by atoms with Crippen molar-refractivity contribution < 1.29 is 34.7 Å². The summed E-state index contributed by atoms with van der Waals surface area (Å²) in [6, 6.07) is 0. The molecule has 0 saturated carbocycles. The lowest BCUT2D eigenvalue weighted by atomic mass is 9.81. The molecule has 0 saturated heterocycles. The molecule has 1 rings (SSSR count). The van der Waals surface area contributed by atoms with Gasteiger partial charge in [0.2, 0.25) is 0 Å². The van der Waals surface area contributed by atoms with Crippen LogP contribution in [0.1, 0.15) is 54.4 Å². The van der Waals surface area contributed by atoms with Crippen LogP contribution in [0.15, 0.2) is 35.1 Å². The molecule has 3 N–H and O–H groups in total. The maximum Gasteiger partial charge on any atom is 0.195 e. The standard InChI is InChI=1S/C21H30O7/c1-12(2)7-8-14-18(24)17(15(22)11-13(3)4)19(25)21(14,26)16(23)9-10-20(5,6)28-27/h7,9-10,13-14,25-27H,8,11H2,1-6H3/b10-9+/t14?,21-/m1/s1. The number of allylic oxidation sites excluding steroid dienone is 3. The smallest absolute Gasteiger partial charge is 0.195 e. The van der Waals surface area contributed by atoms with E-state index >= 15 is 0 Å². The normalized spacial score (nSPS) is 23.0. The third-order valence-corrected chi connectivity index (χ3v) is 4.55. The van der Waals surface area contributed by atoms with Gasteiger partial charge in [-0.3, -0.25) is 19.6 Å². The van der Waals surface area contributed by atoms with E-state index in [9.17, 15) is 24.6 Å². The molecular weight excluding hydrogens is 364 g/mol. The number of Topliss-reactive ketones (excluding diaryl/α,β-unsaturated/α-hetero) is 2. The number of hydrogen-bond donors (Lipinski definition) is 3. The van der Waals surface area contributed by atoms with Crippen LogP contribution in [-0.4, -0.2) is 44.0 Å². The maximum absolute atomic E-state index is 12.9. The highest BCUT2D eigenvalue weighted by Gasteiger charge is 2.58. The van der Waals surface area contributed by atoms with Gasteiger partial charge in [-0.25, -0.2) is 4.89 Å². The summed E-state index contributed by atoms with van der Waals surface area (Å²) in [4.78, 5) is 42.3. The molecule has 0 heterocycles. The van der Waals surface area contributed by atoms with Crippen molar-refractivity contribution in [3.05, 3.63) is 35.1 Å². The van der Waals surface area contributed by atoms with Gasteiger partial charge in [0.25, 0.3) is 0 Å². The van der Waals surface area contributed by atoms with Crippen molar-refractivity contribution in [1.29, 1.82) is 0 Å². The number of aliphatic hydroxyl groups excluding tert-OH is 1. The second kappa shape index (κ2) is 8.94. The Morgan fingerprint density at radius 1 is 1.29 bits per heavy atom. The van der Waals surface area contributed by atoms with Crippen molar-refractivity contribution in [2.24, 2.45) is 11.8 Å². The minimum atomic E-state index is -2.55. The quantitative estimate of drug-likeness (QED) is 0.181. The Balaban J connectivity index is 3.46. The zero-order chi connectivity index (χ0) is 21.9. The first-order valence-electron chi connectivity index (χ1n) is 9.21. The number of aliphatic hydroxyl groups is 2. The molecule has 156 valence electrons. The Hall–Kier alpha value is -2.09. The monoisotopic (exact) mass is 394 g/mol. The number of ketones is 3. The van der Waals surface area contributed by atoms with Crippen molar-refractivity contribution in [3.8, 4) is 0 Å². The molecule has 0 aromatic heterocycles. The molecule has 28 heavy (non-hydrogen) atoms. The van der Waals surface area contributed by atoms with Crippen LogP contribution in [0.25, 0.3) is 0 Å². The fraction of sp³-hybridized carbons (Fsp3) is 0.571. The van der Waals surface area contributed by atoms with Crippen molar-refractivity contribution >= 4 is 17.3 Å². The van der Waals surface area contributed by atoms with Gasteiger partial charge in [-0.05, 0) is 52.2 Å². The first-order valence-corrected chi connectivity index (χ1v) is 9.21. The van der Waals surface area contributed by atoms with Gasteiger partial charge >= 0.3 is 0 Å². The second-order valence-corrected chi connectivity index (χ2v) is 8.34. The highest BCUT2D eigenvalue weighted by atomic mass is 17.1. The summed E-state index contributed by atoms with van der Waals surface area (Å²) in [5, 5.41) is 30.5. The third kappa shape index (κ3) is 5.04. The van der Waals surface area contributed by atoms with Gasteiger partial charge in [-0.1, -0.05) is 25.5 Å². The van der Waals surface area contributed by atoms with Gasteiger partial charge < -0.3 is 10.2 Å². The molecule has 2 atom stereocenters. The summed E-state index contributed by atoms with van der Waals surface area (Å²) in [5.41, 5.74) is -3.43. The molecule has 7 nitrogen and oxygen atoms in total. The summed E-state index contributed by atoms with van der Waals surface area (Å²) in [6.45, 7) is 10.1. The SMILES string of the molecule is CC(C)=CCC1C(=O)C(C(=O)CC(C)C)=C(O)[C@]1(O)C(=O)/C=C/C(C)(C)OO. The topological polar surface area (TPSA) is 121 Å². The fourth-order valence-electron chi connectivity index (χ4n) is 2.93. The minimum absolute atomic E-state index is 0.00594. The Morgan fingerprint density at radius 3 is 2.32 bits per heavy atom. The summed E-state index contributed by atoms with van der Waals surface area (Å²) in [7, 11) is 0. The van der Waals surface area contributed by atoms with E-state index in [1.165, 1.54) is 19.9 Å². The van der Waals surface area contributed by atoms with Crippen molar-refractivity contribution in [2.75, 3.05) is 0 Å². The predicted molar refractivity (Wildman–Crippen MR) is 104 cm³/mol. The Labute approximate surface area is 165 Å². The first kappa shape index (κ1) is 23.9. The van der Waals surface area contributed by atoms with Crippen LogP contribution in [0.3, 0.4) is 0 Å². The van der Waals surface area contributed by atoms with Crippen LogP contribution in [0.4, 0.5) is 0 Å². The number of rotatable bonds is 9. The van der Waals surface area contributed by atoms with Gasteiger partial charge in [0.05, 0.1) is 5.92 Å². The van der Waals surface area contributed by atoms with Crippen molar-refractivity contribution in [3.63, 3.8) is 0 Å². The van der Waals surface area contributed by atoms with E-state index in [0.717, 1.165) is 11.6 Å². The van der Waals surface area contributed by atoms with E-state index in [1.807, 2.05) is 0 Å². The van der Waals surface area contributed by atoms with Crippen molar-refractivity contribution in [1.82, 2.24) is 0 Å². The highest BCUT2D eigenvalue weighted by molar-refractivity contribution is 6.26. The zero-order valence-corrected chi connectivity index (χ0v) is 17.3. The summed E-state index contributed by atoms with van der Waals surface area (Å²) in [5.74, 6) is -4.61. The molecule has 0 fully saturated rings. The second-order valence-electron chi connectivity index (χ2n) is 8.34. The van der Waals surface area contributed by atoms with E-state index < -0.39 is 45.8 Å². The molecule has 7 heteroatoms. The number of carbonyl (C=O) groups is 3. The lowest BCUT2D eigenvalue weighted by molar-refractivity contribution is -0.297. The molecular formula is C21H30O7. The predicted octanol–water partition coefficient (Wildman–Crippen LogP) is 3.09. The van der Waals surface area contributed by atoms with Crippen LogP contribution in [-0.2, 0) is 19.3 Å². The molecule has 0 amide bonds. The van der Waals surface area contributed by atoms with E-state index in [2.05, 4.69) is 4.89 Å². The average molecular weight is 394 g/mol. The van der Waals surface area contributed by atoms with E-state index in [-0.39, 0.29) is 18.8 Å². The van der Waals surface area contributed by atoms with E-state index in [0.29, 0.717) is 0 Å². The minimum Gasteiger partial charge on any atom is -0.508 e. The Bertz CT molecular complexity index is 736. The van der Waals surface area contributed by atoms with Crippen LogP contribution >= 0.6 is 0 Å². The largest absolute Gasteiger partial charge is 0.508 e. The van der Waals surface area contributed by atoms with Crippen LogP contribution in [0, 0.1) is 11.8 Å². The average Bonchev–Trinajstić information content (AvgIpc) is 2.77. The fourth-order valence-corrected chi connectivity index (χ4v) is 2.93. The molecule has 0 aliphatic heterocycles. The highest BCUT2D eigenvalue weighted by Crippen LogP contribution is 2.41. The number of carbonyl (C=O) groups excluding carboxylic acids is 3. The lowest BCUT2D eigenvalue weighted by Gasteiger charge is -2.26. The molecule has 1 aliphatic rings. The van der Waals surface area contributed by atoms with Gasteiger partial charge in [0.15, 0.2) is 23.0 Å². The molecule has 0 bridgehead atoms. The molecule has 0 spiro atoms. The van der Waals surface area contributed by atoms with Crippen LogP contribution < -0.4 is 0 Å². The van der Waals surface area contributed by atoms with E-state index in [4.69, 9.17) is 5.26 Å². The summed E-state index contributed by atoms with van der Waals surface area (Å²) < 4.78 is 0. The summed E-state index contributed by atoms with van der Waals surface area (Å²) in [6.07, 6.45) is 3.78. The van der Waals surface area contributed by atoms with Crippen LogP contribution in [0.5, 0.6) is 0 Å². The van der Waals surface area contributed by atoms with Crippen molar-refractivity contribution in [2.45, 2.75) is 65.6 Å². The zero-order valence-electron chi connectivity index (χ0n) is 17.3. The molecule has 1 aliphatic carbocycles. The Morgan fingerprint density at radius 2 is 1.86 bits per heavy atom. The molecule has 1 unspecified atom stereocenters. The third-order valence-electron chi connectivity index (χ3n) is 4.55. The molecule has 0 aromatic rings. The summed E-state index contributed by atoms with van der Waals surface area (Å²) >= 11 is 0. The first-order chi connectivity index (χ1) is 12.8. The lowest BCUT2D eigenvalue weighted by Crippen LogP contribution is -2.46. The molecule has 0 aromatic carbocycles. The van der Waals surface area contributed by atoms with Gasteiger partial charge in [0, 0.05) is 6.42 Å². The molecule has 0 radical (unpaired) electrons. The number of hydrogen-bond acceptors (Lipinski definition) is 7. The Kier molecular flexibility index (Phi) is 7.65. The van der Waals surface area contributed by atoms with Gasteiger partial charge in [0.1, 0.15) is 16.9 Å². The van der Waals surface area contributed by atoms with E-state index in [1.54, 1.807) is 33.8 Å². The van der Waals surface area contributed by atoms with Gasteiger partial charge in [-0.2, -0.15) is 0 Å². The maximum atomic E-state index is 12.9.